The molecule has 0 unspecified atom stereocenters. The molecule has 336 valence electrons. The number of piperidine rings is 1. The molecule has 2 atom stereocenters. The number of carbonyl (C=O) groups is 7. The van der Waals surface area contributed by atoms with E-state index in [1.165, 1.54) is 70.5 Å². The molecule has 1 aromatic rings. The van der Waals surface area contributed by atoms with Gasteiger partial charge >= 0.3 is 17.9 Å². The van der Waals surface area contributed by atoms with Crippen molar-refractivity contribution in [3.05, 3.63) is 18.2 Å². The largest absolute Gasteiger partial charge is 0.481 e. The number of nitrogens with one attached hydrogen (secondary N) is 2. The van der Waals surface area contributed by atoms with E-state index in [0.29, 0.717) is 64.6 Å². The van der Waals surface area contributed by atoms with Gasteiger partial charge in [-0.15, -0.1) is 0 Å². The predicted octanol–water partition coefficient (Wildman–Crippen LogP) is 8.32. The summed E-state index contributed by atoms with van der Waals surface area (Å²) in [6, 6.07) is 0. The molecule has 1 saturated heterocycles. The summed E-state index contributed by atoms with van der Waals surface area (Å²) < 4.78 is 0. The van der Waals surface area contributed by atoms with Crippen LogP contribution in [0.5, 0.6) is 0 Å². The highest BCUT2D eigenvalue weighted by molar-refractivity contribution is 5.86. The van der Waals surface area contributed by atoms with E-state index in [-0.39, 0.29) is 69.3 Å². The quantitative estimate of drug-likeness (QED) is 0.0401. The van der Waals surface area contributed by atoms with Crippen LogP contribution >= 0.6 is 0 Å². The van der Waals surface area contributed by atoms with Crippen LogP contribution in [-0.2, 0) is 40.0 Å². The zero-order chi connectivity index (χ0) is 43.1. The molecule has 0 aliphatic carbocycles. The molecule has 59 heavy (non-hydrogen) atoms. The third-order valence-electron chi connectivity index (χ3n) is 11.7. The molecule has 0 aromatic carbocycles. The number of aromatic nitrogens is 2. The normalized spacial score (nSPS) is 14.1. The highest BCUT2D eigenvalue weighted by atomic mass is 16.4. The fraction of sp³-hybridized carbons (Fsp3) is 0.778. The Morgan fingerprint density at radius 2 is 1.19 bits per heavy atom. The van der Waals surface area contributed by atoms with Gasteiger partial charge in [-0.1, -0.05) is 96.3 Å². The van der Waals surface area contributed by atoms with Crippen LogP contribution in [0.4, 0.5) is 0 Å². The SMILES string of the molecule is O=C(O)CCCCCCCCCCCCCCCCCCC(=O)N1CCC(C(=O)C[C@@H](CCC(=O)NCCCC[C@H](CC(=O)CCc2cnc[nH]2)C(=O)O)C(=O)O)CC1.[HH]. The summed E-state index contributed by atoms with van der Waals surface area (Å²) >= 11 is 0. The number of carboxylic acid groups (broad SMARTS) is 3. The number of carboxylic acids is 3. The summed E-state index contributed by atoms with van der Waals surface area (Å²) in [4.78, 5) is 93.4. The molecular weight excluding hydrogens is 757 g/mol. The Hall–Kier alpha value is -4.10. The van der Waals surface area contributed by atoms with Crippen molar-refractivity contribution in [3.63, 3.8) is 0 Å². The Labute approximate surface area is 352 Å². The minimum absolute atomic E-state index is 0. The number of unbranched alkanes of at least 4 members (excludes halogenated alkanes) is 16. The molecule has 1 aromatic heterocycles. The minimum atomic E-state index is -1.11. The van der Waals surface area contributed by atoms with Crippen molar-refractivity contribution in [1.82, 2.24) is 20.2 Å². The van der Waals surface area contributed by atoms with E-state index in [9.17, 15) is 43.8 Å². The number of aromatic amines is 1. The molecule has 2 heterocycles. The monoisotopic (exact) mass is 833 g/mol. The lowest BCUT2D eigenvalue weighted by atomic mass is 9.86. The fourth-order valence-corrected chi connectivity index (χ4v) is 7.88. The van der Waals surface area contributed by atoms with Gasteiger partial charge in [-0.2, -0.15) is 0 Å². The van der Waals surface area contributed by atoms with Crippen molar-refractivity contribution in [2.45, 2.75) is 186 Å². The lowest BCUT2D eigenvalue weighted by molar-refractivity contribution is -0.145. The zero-order valence-electron chi connectivity index (χ0n) is 35.6. The number of ketones is 2. The molecule has 0 bridgehead atoms. The van der Waals surface area contributed by atoms with E-state index >= 15 is 0 Å². The van der Waals surface area contributed by atoms with Crippen LogP contribution in [-0.4, -0.2) is 91.1 Å². The van der Waals surface area contributed by atoms with Crippen LogP contribution in [0.2, 0.25) is 0 Å². The molecule has 14 heteroatoms. The van der Waals surface area contributed by atoms with Gasteiger partial charge in [0.25, 0.3) is 0 Å². The number of H-pyrrole nitrogens is 1. The molecule has 1 aliphatic heterocycles. The number of hydrogen-bond donors (Lipinski definition) is 5. The summed E-state index contributed by atoms with van der Waals surface area (Å²) in [7, 11) is 0. The number of amides is 2. The number of hydrogen-bond acceptors (Lipinski definition) is 8. The van der Waals surface area contributed by atoms with Crippen LogP contribution in [0, 0.1) is 17.8 Å². The van der Waals surface area contributed by atoms with Crippen molar-refractivity contribution in [3.8, 4) is 0 Å². The average molecular weight is 833 g/mol. The minimum Gasteiger partial charge on any atom is -0.481 e. The van der Waals surface area contributed by atoms with Crippen molar-refractivity contribution in [1.29, 1.82) is 0 Å². The van der Waals surface area contributed by atoms with Gasteiger partial charge in [0.1, 0.15) is 11.6 Å². The fourth-order valence-electron chi connectivity index (χ4n) is 7.88. The second-order valence-electron chi connectivity index (χ2n) is 16.7. The number of likely N-dealkylation sites (tertiary alicyclic amines) is 1. The molecule has 1 aliphatic rings. The van der Waals surface area contributed by atoms with E-state index in [4.69, 9.17) is 5.11 Å². The molecule has 14 nitrogen and oxygen atoms in total. The van der Waals surface area contributed by atoms with Gasteiger partial charge in [0, 0.05) is 77.4 Å². The highest BCUT2D eigenvalue weighted by Crippen LogP contribution is 2.24. The van der Waals surface area contributed by atoms with E-state index in [1.807, 2.05) is 4.90 Å². The molecule has 1 fully saturated rings. The topological polar surface area (TPSA) is 224 Å². The summed E-state index contributed by atoms with van der Waals surface area (Å²) in [5.41, 5.74) is 0.817. The first-order valence-electron chi connectivity index (χ1n) is 22.7. The number of Topliss-reactive ketones (excluding diaryl/α,β-unsaturated/α-hetero) is 2. The van der Waals surface area contributed by atoms with Crippen molar-refractivity contribution < 1.29 is 50.3 Å². The number of aryl methyl sites for hydroxylation is 1. The maximum atomic E-state index is 13.1. The van der Waals surface area contributed by atoms with Crippen LogP contribution in [0.15, 0.2) is 12.5 Å². The third-order valence-corrected chi connectivity index (χ3v) is 11.7. The Bertz CT molecular complexity index is 1380. The van der Waals surface area contributed by atoms with E-state index in [2.05, 4.69) is 15.3 Å². The van der Waals surface area contributed by atoms with E-state index < -0.39 is 29.7 Å². The van der Waals surface area contributed by atoms with Crippen LogP contribution < -0.4 is 5.32 Å². The molecular formula is C45H76N4O10. The Morgan fingerprint density at radius 3 is 1.69 bits per heavy atom. The van der Waals surface area contributed by atoms with Gasteiger partial charge in [0.05, 0.1) is 18.2 Å². The number of nitrogens with zero attached hydrogens (tertiary/aromatic N) is 2. The zero-order valence-corrected chi connectivity index (χ0v) is 35.6. The number of rotatable bonds is 37. The number of carbonyl (C=O) groups excluding carboxylic acids is 4. The molecule has 0 radical (unpaired) electrons. The standard InChI is InChI=1S/C45H74N4O10.H2/c50-39(24-23-38-33-46-34-48-38)31-36(44(56)57)19-17-18-28-47-41(52)25-22-37(45(58)59)32-40(51)35-26-29-49(30-27-35)42(53)20-15-13-11-9-7-5-3-1-2-4-6-8-10-12-14-16-21-43(54)55;/h33-37H,1-32H2,(H,46,48)(H,47,52)(H,54,55)(H,56,57)(H,58,59);1H/t36-,37-;/m1./s1. The number of imidazole rings is 1. The summed E-state index contributed by atoms with van der Waals surface area (Å²) in [6.45, 7) is 1.30. The lowest BCUT2D eigenvalue weighted by Crippen LogP contribution is -2.40. The van der Waals surface area contributed by atoms with Gasteiger partial charge in [0.15, 0.2) is 0 Å². The van der Waals surface area contributed by atoms with Crippen molar-refractivity contribution >= 4 is 41.3 Å². The summed E-state index contributed by atoms with van der Waals surface area (Å²) in [5.74, 6) is -5.33. The van der Waals surface area contributed by atoms with Gasteiger partial charge in [-0.05, 0) is 51.4 Å². The van der Waals surface area contributed by atoms with Crippen LogP contribution in [0.25, 0.3) is 0 Å². The van der Waals surface area contributed by atoms with Gasteiger partial charge in [-0.3, -0.25) is 33.6 Å². The third kappa shape index (κ3) is 25.2. The van der Waals surface area contributed by atoms with E-state index in [1.54, 1.807) is 6.20 Å². The van der Waals surface area contributed by atoms with Crippen LogP contribution in [0.3, 0.4) is 0 Å². The predicted molar refractivity (Wildman–Crippen MR) is 227 cm³/mol. The van der Waals surface area contributed by atoms with Crippen molar-refractivity contribution in [2.75, 3.05) is 19.6 Å². The molecule has 0 saturated carbocycles. The van der Waals surface area contributed by atoms with Gasteiger partial charge < -0.3 is 30.5 Å². The van der Waals surface area contributed by atoms with E-state index in [0.717, 1.165) is 44.2 Å². The Kier molecular flexibility index (Phi) is 27.5. The average Bonchev–Trinajstić information content (AvgIpc) is 3.74. The highest BCUT2D eigenvalue weighted by Gasteiger charge is 2.30. The maximum absolute atomic E-state index is 13.1. The van der Waals surface area contributed by atoms with Gasteiger partial charge in [0.2, 0.25) is 11.8 Å². The van der Waals surface area contributed by atoms with Gasteiger partial charge in [-0.25, -0.2) is 4.98 Å². The molecule has 2 rings (SSSR count). The Morgan fingerprint density at radius 1 is 0.661 bits per heavy atom. The maximum Gasteiger partial charge on any atom is 0.306 e. The second-order valence-corrected chi connectivity index (χ2v) is 16.7. The lowest BCUT2D eigenvalue weighted by Gasteiger charge is -2.32. The van der Waals surface area contributed by atoms with Crippen molar-refractivity contribution in [2.24, 2.45) is 17.8 Å². The van der Waals surface area contributed by atoms with Crippen LogP contribution in [0.1, 0.15) is 187 Å². The smallest absolute Gasteiger partial charge is 0.306 e. The first-order chi connectivity index (χ1) is 28.5. The molecule has 5 N–H and O–H groups in total. The Balaban J connectivity index is 0.0000180. The first kappa shape index (κ1) is 51.0. The molecule has 0 spiro atoms. The second kappa shape index (κ2) is 31.8. The molecule has 2 amide bonds. The first-order valence-corrected chi connectivity index (χ1v) is 22.7. The number of aliphatic carboxylic acids is 3. The summed E-state index contributed by atoms with van der Waals surface area (Å²) in [6.07, 6.45) is 25.5. The summed E-state index contributed by atoms with van der Waals surface area (Å²) in [5, 5.41) is 30.7.